The third-order valence-corrected chi connectivity index (χ3v) is 2.55. The van der Waals surface area contributed by atoms with Crippen LogP contribution in [0.25, 0.3) is 0 Å². The largest absolute Gasteiger partial charge is 0.482 e. The average Bonchev–Trinajstić information content (AvgIpc) is 2.36. The highest BCUT2D eigenvalue weighted by atomic mass is 16.5. The summed E-state index contributed by atoms with van der Waals surface area (Å²) in [6, 6.07) is 4.92. The SMILES string of the molecule is CCCCC(=O)Oc1ccc2c(c1)NC(=O)CO2. The topological polar surface area (TPSA) is 64.6 Å². The number of hydrogen-bond donors (Lipinski definition) is 1. The first kappa shape index (κ1) is 12.4. The second kappa shape index (κ2) is 5.53. The van der Waals surface area contributed by atoms with E-state index in [-0.39, 0.29) is 18.5 Å². The molecule has 0 aromatic heterocycles. The molecule has 1 N–H and O–H groups in total. The zero-order chi connectivity index (χ0) is 13.0. The normalized spacial score (nSPS) is 13.3. The molecule has 0 atom stereocenters. The third kappa shape index (κ3) is 3.00. The van der Waals surface area contributed by atoms with Crippen LogP contribution in [0.5, 0.6) is 11.5 Å². The molecule has 5 nitrogen and oxygen atoms in total. The summed E-state index contributed by atoms with van der Waals surface area (Å²) in [5.41, 5.74) is 0.534. The highest BCUT2D eigenvalue weighted by Crippen LogP contribution is 2.31. The smallest absolute Gasteiger partial charge is 0.311 e. The number of carbonyl (C=O) groups excluding carboxylic acids is 2. The van der Waals surface area contributed by atoms with Gasteiger partial charge in [-0.3, -0.25) is 9.59 Å². The molecule has 5 heteroatoms. The zero-order valence-corrected chi connectivity index (χ0v) is 10.2. The van der Waals surface area contributed by atoms with Crippen LogP contribution >= 0.6 is 0 Å². The molecule has 18 heavy (non-hydrogen) atoms. The molecule has 1 heterocycles. The van der Waals surface area contributed by atoms with Gasteiger partial charge in [-0.25, -0.2) is 0 Å². The van der Waals surface area contributed by atoms with Crippen LogP contribution in [0, 0.1) is 0 Å². The van der Waals surface area contributed by atoms with Gasteiger partial charge < -0.3 is 14.8 Å². The highest BCUT2D eigenvalue weighted by Gasteiger charge is 2.16. The molecule has 1 amide bonds. The van der Waals surface area contributed by atoms with Crippen LogP contribution in [-0.4, -0.2) is 18.5 Å². The summed E-state index contributed by atoms with van der Waals surface area (Å²) >= 11 is 0. The first-order valence-corrected chi connectivity index (χ1v) is 5.96. The number of esters is 1. The molecule has 0 bridgehead atoms. The van der Waals surface area contributed by atoms with E-state index < -0.39 is 0 Å². The van der Waals surface area contributed by atoms with Crippen molar-refractivity contribution in [2.75, 3.05) is 11.9 Å². The Labute approximate surface area is 105 Å². The maximum absolute atomic E-state index is 11.5. The van der Waals surface area contributed by atoms with Crippen molar-refractivity contribution in [3.8, 4) is 11.5 Å². The predicted molar refractivity (Wildman–Crippen MR) is 65.7 cm³/mol. The Hall–Kier alpha value is -2.04. The Kier molecular flexibility index (Phi) is 3.82. The number of ether oxygens (including phenoxy) is 2. The first-order valence-electron chi connectivity index (χ1n) is 5.96. The molecule has 0 aliphatic carbocycles. The molecule has 1 aliphatic heterocycles. The van der Waals surface area contributed by atoms with Crippen molar-refractivity contribution in [1.29, 1.82) is 0 Å². The van der Waals surface area contributed by atoms with Gasteiger partial charge in [0.2, 0.25) is 0 Å². The monoisotopic (exact) mass is 249 g/mol. The Morgan fingerprint density at radius 2 is 2.33 bits per heavy atom. The molecule has 2 rings (SSSR count). The summed E-state index contributed by atoms with van der Waals surface area (Å²) in [5.74, 6) is 0.528. The quantitative estimate of drug-likeness (QED) is 0.655. The van der Waals surface area contributed by atoms with Gasteiger partial charge >= 0.3 is 5.97 Å². The maximum atomic E-state index is 11.5. The Bertz CT molecular complexity index is 470. The molecule has 0 fully saturated rings. The van der Waals surface area contributed by atoms with Crippen molar-refractivity contribution in [3.05, 3.63) is 18.2 Å². The van der Waals surface area contributed by atoms with Crippen molar-refractivity contribution < 1.29 is 19.1 Å². The number of benzene rings is 1. The van der Waals surface area contributed by atoms with E-state index in [4.69, 9.17) is 9.47 Å². The predicted octanol–water partition coefficient (Wildman–Crippen LogP) is 2.11. The lowest BCUT2D eigenvalue weighted by Crippen LogP contribution is -2.25. The van der Waals surface area contributed by atoms with Crippen molar-refractivity contribution in [2.45, 2.75) is 26.2 Å². The Balaban J connectivity index is 2.04. The number of amides is 1. The van der Waals surface area contributed by atoms with Crippen LogP contribution in [0.1, 0.15) is 26.2 Å². The molecule has 96 valence electrons. The number of hydrogen-bond acceptors (Lipinski definition) is 4. The summed E-state index contributed by atoms with van der Waals surface area (Å²) in [4.78, 5) is 22.6. The van der Waals surface area contributed by atoms with Gasteiger partial charge in [-0.15, -0.1) is 0 Å². The van der Waals surface area contributed by atoms with Crippen molar-refractivity contribution in [2.24, 2.45) is 0 Å². The number of carbonyl (C=O) groups is 2. The molecular formula is C13H15NO4. The Morgan fingerprint density at radius 1 is 1.50 bits per heavy atom. The minimum Gasteiger partial charge on any atom is -0.482 e. The average molecular weight is 249 g/mol. The molecule has 0 saturated heterocycles. The summed E-state index contributed by atoms with van der Waals surface area (Å²) in [7, 11) is 0. The molecule has 0 unspecified atom stereocenters. The lowest BCUT2D eigenvalue weighted by atomic mass is 10.2. The van der Waals surface area contributed by atoms with Gasteiger partial charge in [-0.1, -0.05) is 13.3 Å². The van der Waals surface area contributed by atoms with E-state index in [1.165, 1.54) is 0 Å². The van der Waals surface area contributed by atoms with Gasteiger partial charge in [0, 0.05) is 12.5 Å². The van der Waals surface area contributed by atoms with Crippen LogP contribution in [-0.2, 0) is 9.59 Å². The van der Waals surface area contributed by atoms with Gasteiger partial charge in [0.05, 0.1) is 5.69 Å². The zero-order valence-electron chi connectivity index (χ0n) is 10.2. The lowest BCUT2D eigenvalue weighted by Gasteiger charge is -2.18. The van der Waals surface area contributed by atoms with Crippen molar-refractivity contribution in [3.63, 3.8) is 0 Å². The van der Waals surface area contributed by atoms with Crippen molar-refractivity contribution >= 4 is 17.6 Å². The van der Waals surface area contributed by atoms with E-state index in [1.54, 1.807) is 18.2 Å². The van der Waals surface area contributed by atoms with Crippen LogP contribution < -0.4 is 14.8 Å². The van der Waals surface area contributed by atoms with E-state index in [0.717, 1.165) is 12.8 Å². The number of anilines is 1. The first-order chi connectivity index (χ1) is 8.69. The molecule has 0 saturated carbocycles. The fraction of sp³-hybridized carbons (Fsp3) is 0.385. The molecule has 1 aromatic carbocycles. The second-order valence-electron chi connectivity index (χ2n) is 4.07. The maximum Gasteiger partial charge on any atom is 0.311 e. The highest BCUT2D eigenvalue weighted by molar-refractivity contribution is 5.95. The van der Waals surface area contributed by atoms with E-state index in [9.17, 15) is 9.59 Å². The third-order valence-electron chi connectivity index (χ3n) is 2.55. The van der Waals surface area contributed by atoms with Gasteiger partial charge in [-0.2, -0.15) is 0 Å². The van der Waals surface area contributed by atoms with Gasteiger partial charge in [0.15, 0.2) is 6.61 Å². The van der Waals surface area contributed by atoms with Crippen molar-refractivity contribution in [1.82, 2.24) is 0 Å². The summed E-state index contributed by atoms with van der Waals surface area (Å²) in [6.07, 6.45) is 2.16. The number of unbranched alkanes of at least 4 members (excludes halogenated alkanes) is 1. The second-order valence-corrected chi connectivity index (χ2v) is 4.07. The minimum atomic E-state index is -0.264. The molecule has 1 aromatic rings. The Morgan fingerprint density at radius 3 is 3.11 bits per heavy atom. The van der Waals surface area contributed by atoms with Gasteiger partial charge in [0.1, 0.15) is 11.5 Å². The van der Waals surface area contributed by atoms with Gasteiger partial charge in [-0.05, 0) is 18.6 Å². The van der Waals surface area contributed by atoms with E-state index in [1.807, 2.05) is 6.92 Å². The van der Waals surface area contributed by atoms with Crippen LogP contribution in [0.3, 0.4) is 0 Å². The van der Waals surface area contributed by atoms with E-state index in [0.29, 0.717) is 23.6 Å². The number of fused-ring (bicyclic) bond motifs is 1. The van der Waals surface area contributed by atoms with Gasteiger partial charge in [0.25, 0.3) is 5.91 Å². The fourth-order valence-corrected chi connectivity index (χ4v) is 1.63. The molecular weight excluding hydrogens is 234 g/mol. The van der Waals surface area contributed by atoms with Crippen LogP contribution in [0.4, 0.5) is 5.69 Å². The lowest BCUT2D eigenvalue weighted by molar-refractivity contribution is -0.134. The summed E-state index contributed by atoms with van der Waals surface area (Å²) < 4.78 is 10.4. The molecule has 0 radical (unpaired) electrons. The molecule has 1 aliphatic rings. The number of rotatable bonds is 4. The molecule has 0 spiro atoms. The van der Waals surface area contributed by atoms with Crippen LogP contribution in [0.2, 0.25) is 0 Å². The number of nitrogens with one attached hydrogen (secondary N) is 1. The van der Waals surface area contributed by atoms with E-state index in [2.05, 4.69) is 5.32 Å². The summed E-state index contributed by atoms with van der Waals surface area (Å²) in [6.45, 7) is 2.03. The summed E-state index contributed by atoms with van der Waals surface area (Å²) in [5, 5.41) is 2.66. The minimum absolute atomic E-state index is 0.0165. The van der Waals surface area contributed by atoms with E-state index >= 15 is 0 Å². The standard InChI is InChI=1S/C13H15NO4/c1-2-3-4-13(16)18-9-5-6-11-10(7-9)14-12(15)8-17-11/h5-7H,2-4,8H2,1H3,(H,14,15). The van der Waals surface area contributed by atoms with Crippen LogP contribution in [0.15, 0.2) is 18.2 Å². The fourth-order valence-electron chi connectivity index (χ4n) is 1.63.